The smallest absolute Gasteiger partial charge is 0.243 e. The normalized spacial score (nSPS) is 23.4. The Kier molecular flexibility index (Phi) is 7.58. The fraction of sp³-hybridized carbons (Fsp3) is 0.667. The van der Waals surface area contributed by atoms with Crippen LogP contribution in [0.5, 0.6) is 5.75 Å². The van der Waals surface area contributed by atoms with Crippen molar-refractivity contribution in [1.29, 1.82) is 0 Å². The maximum Gasteiger partial charge on any atom is 0.243 e. The molecule has 0 spiro atoms. The molecule has 3 heterocycles. The summed E-state index contributed by atoms with van der Waals surface area (Å²) < 4.78 is 33.0. The molecule has 33 heavy (non-hydrogen) atoms. The van der Waals surface area contributed by atoms with Gasteiger partial charge in [0.05, 0.1) is 12.0 Å². The largest absolute Gasteiger partial charge is 0.497 e. The topological polar surface area (TPSA) is 87.2 Å². The second-order valence-electron chi connectivity index (χ2n) is 9.29. The van der Waals surface area contributed by atoms with Crippen LogP contribution in [0.2, 0.25) is 0 Å². The Morgan fingerprint density at radius 3 is 2.00 bits per heavy atom. The van der Waals surface area contributed by atoms with Crippen LogP contribution in [0.3, 0.4) is 0 Å². The molecule has 0 radical (unpaired) electrons. The molecule has 3 aliphatic heterocycles. The Balaban J connectivity index is 1.38. The lowest BCUT2D eigenvalue weighted by molar-refractivity contribution is -0.142. The van der Waals surface area contributed by atoms with Crippen LogP contribution < -0.4 is 4.74 Å². The molecule has 3 fully saturated rings. The number of amides is 2. The zero-order chi connectivity index (χ0) is 23.4. The zero-order valence-corrected chi connectivity index (χ0v) is 20.3. The third kappa shape index (κ3) is 5.19. The predicted molar refractivity (Wildman–Crippen MR) is 124 cm³/mol. The van der Waals surface area contributed by atoms with Crippen molar-refractivity contribution in [2.75, 3.05) is 39.8 Å². The van der Waals surface area contributed by atoms with E-state index in [1.807, 2.05) is 4.90 Å². The molecule has 0 bridgehead atoms. The van der Waals surface area contributed by atoms with Gasteiger partial charge in [-0.3, -0.25) is 9.59 Å². The van der Waals surface area contributed by atoms with Gasteiger partial charge in [-0.05, 0) is 62.8 Å². The van der Waals surface area contributed by atoms with Gasteiger partial charge in [-0.25, -0.2) is 8.42 Å². The number of carbonyl (C=O) groups is 2. The molecule has 182 valence electrons. The number of sulfonamides is 1. The molecule has 4 rings (SSSR count). The van der Waals surface area contributed by atoms with E-state index in [9.17, 15) is 18.0 Å². The van der Waals surface area contributed by atoms with Gasteiger partial charge in [0.25, 0.3) is 0 Å². The minimum Gasteiger partial charge on any atom is -0.497 e. The summed E-state index contributed by atoms with van der Waals surface area (Å²) in [5, 5.41) is 0. The van der Waals surface area contributed by atoms with Crippen LogP contribution in [-0.2, 0) is 19.6 Å². The van der Waals surface area contributed by atoms with Crippen LogP contribution in [0.15, 0.2) is 29.2 Å². The van der Waals surface area contributed by atoms with E-state index in [1.54, 1.807) is 17.0 Å². The molecule has 1 atom stereocenters. The average Bonchev–Trinajstić information content (AvgIpc) is 3.20. The van der Waals surface area contributed by atoms with Gasteiger partial charge in [0.15, 0.2) is 0 Å². The number of benzene rings is 1. The molecule has 3 saturated heterocycles. The van der Waals surface area contributed by atoms with Crippen molar-refractivity contribution >= 4 is 21.8 Å². The van der Waals surface area contributed by atoms with Crippen molar-refractivity contribution in [3.8, 4) is 5.75 Å². The number of nitrogens with zero attached hydrogens (tertiary/aromatic N) is 3. The Morgan fingerprint density at radius 2 is 1.39 bits per heavy atom. The van der Waals surface area contributed by atoms with Crippen LogP contribution in [0.1, 0.15) is 51.4 Å². The first-order valence-electron chi connectivity index (χ1n) is 12.2. The minimum absolute atomic E-state index is 0.0325. The number of hydrogen-bond acceptors (Lipinski definition) is 5. The number of piperidine rings is 1. The fourth-order valence-electron chi connectivity index (χ4n) is 5.26. The van der Waals surface area contributed by atoms with Crippen molar-refractivity contribution in [1.82, 2.24) is 14.1 Å². The summed E-state index contributed by atoms with van der Waals surface area (Å²) in [6, 6.07) is 5.61. The predicted octanol–water partition coefficient (Wildman–Crippen LogP) is 2.49. The highest BCUT2D eigenvalue weighted by molar-refractivity contribution is 7.89. The second-order valence-corrected chi connectivity index (χ2v) is 11.2. The number of hydrogen-bond donors (Lipinski definition) is 0. The first-order chi connectivity index (χ1) is 15.9. The van der Waals surface area contributed by atoms with Crippen LogP contribution in [-0.4, -0.2) is 80.2 Å². The van der Waals surface area contributed by atoms with E-state index in [2.05, 4.69) is 0 Å². The Bertz CT molecular complexity index is 933. The number of likely N-dealkylation sites (tertiary alicyclic amines) is 2. The highest BCUT2D eigenvalue weighted by Crippen LogP contribution is 2.30. The van der Waals surface area contributed by atoms with E-state index < -0.39 is 16.1 Å². The van der Waals surface area contributed by atoms with Crippen LogP contribution in [0.25, 0.3) is 0 Å². The third-order valence-electron chi connectivity index (χ3n) is 7.23. The molecule has 1 aromatic rings. The molecule has 0 saturated carbocycles. The first kappa shape index (κ1) is 24.0. The van der Waals surface area contributed by atoms with E-state index in [4.69, 9.17) is 4.74 Å². The summed E-state index contributed by atoms with van der Waals surface area (Å²) in [5.41, 5.74) is 0. The maximum atomic E-state index is 13.3. The van der Waals surface area contributed by atoms with Gasteiger partial charge in [-0.2, -0.15) is 4.31 Å². The molecular weight excluding hydrogens is 442 g/mol. The van der Waals surface area contributed by atoms with Gasteiger partial charge in [0.1, 0.15) is 11.8 Å². The lowest BCUT2D eigenvalue weighted by Gasteiger charge is -2.36. The number of ether oxygens (including phenoxy) is 1. The van der Waals surface area contributed by atoms with Crippen LogP contribution >= 0.6 is 0 Å². The fourth-order valence-corrected chi connectivity index (χ4v) is 6.92. The third-order valence-corrected chi connectivity index (χ3v) is 9.15. The van der Waals surface area contributed by atoms with Gasteiger partial charge >= 0.3 is 0 Å². The average molecular weight is 478 g/mol. The number of methoxy groups -OCH3 is 1. The van der Waals surface area contributed by atoms with E-state index in [1.165, 1.54) is 36.4 Å². The maximum absolute atomic E-state index is 13.3. The number of carbonyl (C=O) groups excluding carboxylic acids is 2. The van der Waals surface area contributed by atoms with Gasteiger partial charge < -0.3 is 14.5 Å². The summed E-state index contributed by atoms with van der Waals surface area (Å²) in [6.07, 6.45) is 7.02. The molecule has 0 N–H and O–H groups in total. The van der Waals surface area contributed by atoms with E-state index in [0.717, 1.165) is 25.9 Å². The van der Waals surface area contributed by atoms with Gasteiger partial charge in [-0.15, -0.1) is 0 Å². The number of rotatable bonds is 5. The Morgan fingerprint density at radius 1 is 0.788 bits per heavy atom. The quantitative estimate of drug-likeness (QED) is 0.650. The van der Waals surface area contributed by atoms with Crippen molar-refractivity contribution in [3.63, 3.8) is 0 Å². The highest BCUT2D eigenvalue weighted by Gasteiger charge is 2.42. The van der Waals surface area contributed by atoms with Crippen LogP contribution in [0.4, 0.5) is 0 Å². The van der Waals surface area contributed by atoms with Crippen LogP contribution in [0, 0.1) is 5.92 Å². The zero-order valence-electron chi connectivity index (χ0n) is 19.4. The SMILES string of the molecule is COc1ccc(S(=O)(=O)N2CCC[C@H]2C(=O)N2CCC(C(=O)N3CCCCCC3)CC2)cc1. The van der Waals surface area contributed by atoms with E-state index in [-0.39, 0.29) is 22.6 Å². The second kappa shape index (κ2) is 10.4. The molecule has 0 unspecified atom stereocenters. The summed E-state index contributed by atoms with van der Waals surface area (Å²) in [4.78, 5) is 30.2. The molecule has 8 nitrogen and oxygen atoms in total. The standard InChI is InChI=1S/C24H35N3O5S/c1-32-20-8-10-21(11-9-20)33(30,31)27-16-6-7-22(27)24(29)26-17-12-19(13-18-26)23(28)25-14-4-2-3-5-15-25/h8-11,19,22H,2-7,12-18H2,1H3/t22-/m0/s1. The van der Waals surface area contributed by atoms with E-state index in [0.29, 0.717) is 51.1 Å². The molecule has 1 aromatic carbocycles. The minimum atomic E-state index is -3.77. The van der Waals surface area contributed by atoms with Crippen molar-refractivity contribution < 1.29 is 22.7 Å². The summed E-state index contributed by atoms with van der Waals surface area (Å²) >= 11 is 0. The van der Waals surface area contributed by atoms with E-state index >= 15 is 0 Å². The van der Waals surface area contributed by atoms with Crippen molar-refractivity contribution in [3.05, 3.63) is 24.3 Å². The Labute approximate surface area is 196 Å². The molecule has 0 aliphatic carbocycles. The monoisotopic (exact) mass is 477 g/mol. The van der Waals surface area contributed by atoms with Gasteiger partial charge in [0, 0.05) is 38.6 Å². The molecular formula is C24H35N3O5S. The highest BCUT2D eigenvalue weighted by atomic mass is 32.2. The molecule has 9 heteroatoms. The van der Waals surface area contributed by atoms with Crippen molar-refractivity contribution in [2.24, 2.45) is 5.92 Å². The van der Waals surface area contributed by atoms with Crippen molar-refractivity contribution in [2.45, 2.75) is 62.3 Å². The summed E-state index contributed by atoms with van der Waals surface area (Å²) in [7, 11) is -2.24. The molecule has 0 aromatic heterocycles. The Hall–Kier alpha value is -2.13. The van der Waals surface area contributed by atoms with Gasteiger partial charge in [0.2, 0.25) is 21.8 Å². The first-order valence-corrected chi connectivity index (χ1v) is 13.6. The summed E-state index contributed by atoms with van der Waals surface area (Å²) in [6.45, 7) is 3.05. The lowest BCUT2D eigenvalue weighted by atomic mass is 9.94. The lowest BCUT2D eigenvalue weighted by Crippen LogP contribution is -2.51. The molecule has 3 aliphatic rings. The molecule has 2 amide bonds. The van der Waals surface area contributed by atoms with Gasteiger partial charge in [-0.1, -0.05) is 12.8 Å². The summed E-state index contributed by atoms with van der Waals surface area (Å²) in [5.74, 6) is 0.647.